The average Bonchev–Trinajstić information content (AvgIpc) is 2.60. The van der Waals surface area contributed by atoms with Crippen LogP contribution in [0.25, 0.3) is 0 Å². The summed E-state index contributed by atoms with van der Waals surface area (Å²) < 4.78 is 3.45. The first kappa shape index (κ1) is 10.2. The van der Waals surface area contributed by atoms with Crippen LogP contribution in [0.1, 0.15) is 12.8 Å². The van der Waals surface area contributed by atoms with Crippen molar-refractivity contribution >= 4 is 12.4 Å². The van der Waals surface area contributed by atoms with Crippen LogP contribution in [0.15, 0.2) is 43.0 Å². The van der Waals surface area contributed by atoms with Crippen molar-refractivity contribution in [1.82, 2.24) is 0 Å². The third kappa shape index (κ3) is 2.57. The van der Waals surface area contributed by atoms with Gasteiger partial charge in [-0.1, -0.05) is 0 Å². The van der Waals surface area contributed by atoms with Crippen LogP contribution >= 0.6 is 12.4 Å². The van der Waals surface area contributed by atoms with Crippen molar-refractivity contribution in [2.75, 3.05) is 0 Å². The summed E-state index contributed by atoms with van der Waals surface area (Å²) in [6.07, 6.45) is 16.0. The first-order chi connectivity index (χ1) is 5.45. The van der Waals surface area contributed by atoms with Crippen molar-refractivity contribution in [1.29, 1.82) is 0 Å². The van der Waals surface area contributed by atoms with Crippen LogP contribution in [0.2, 0.25) is 0 Å². The molecule has 2 aliphatic rings. The first-order valence-electron chi connectivity index (χ1n) is 3.93. The quantitative estimate of drug-likeness (QED) is 0.713. The van der Waals surface area contributed by atoms with Gasteiger partial charge in [0.2, 0.25) is 0 Å². The fourth-order valence-electron chi connectivity index (χ4n) is 1.29. The van der Waals surface area contributed by atoms with E-state index in [0.717, 1.165) is 0 Å². The van der Waals surface area contributed by atoms with Gasteiger partial charge in [0.1, 0.15) is 0 Å². The van der Waals surface area contributed by atoms with Crippen LogP contribution in [0, 0.1) is 0 Å². The van der Waals surface area contributed by atoms with Gasteiger partial charge in [-0.05, 0) is 0 Å². The van der Waals surface area contributed by atoms with E-state index in [-0.39, 0.29) is 35.6 Å². The Labute approximate surface area is 91.1 Å². The molecule has 0 saturated carbocycles. The Morgan fingerprint density at radius 3 is 1.75 bits per heavy atom. The van der Waals surface area contributed by atoms with E-state index >= 15 is 0 Å². The molecule has 0 aromatic rings. The molecule has 0 radical (unpaired) electrons. The van der Waals surface area contributed by atoms with Gasteiger partial charge in [0.25, 0.3) is 0 Å². The first-order valence-corrected chi connectivity index (χ1v) is 6.39. The van der Waals surface area contributed by atoms with Gasteiger partial charge in [-0.15, -0.1) is 12.4 Å². The van der Waals surface area contributed by atoms with Gasteiger partial charge >= 0.3 is 79.1 Å². The molecule has 62 valence electrons. The predicted octanol–water partition coefficient (Wildman–Crippen LogP) is 3.18. The Bertz CT molecular complexity index is 244. The Hall–Kier alpha value is 0.133. The Balaban J connectivity index is 0.000000720. The molecule has 0 nitrogen and oxygen atoms in total. The molecule has 0 amide bonds. The Morgan fingerprint density at radius 1 is 0.917 bits per heavy atom. The minimum Gasteiger partial charge on any atom is -0.147 e. The molecule has 0 spiro atoms. The van der Waals surface area contributed by atoms with Crippen molar-refractivity contribution in [3.8, 4) is 0 Å². The SMILES string of the molecule is C1=CC[C]([Zr][C]2=CC=CC2)=C1.Cl. The van der Waals surface area contributed by atoms with Crippen LogP contribution < -0.4 is 0 Å². The standard InChI is InChI=1S/2C5H5.ClH.Zr/c2*1-2-4-5-3-1;;/h2*1-3H,4H2;1H;. The van der Waals surface area contributed by atoms with E-state index in [1.165, 1.54) is 12.8 Å². The minimum absolute atomic E-state index is 0. The van der Waals surface area contributed by atoms with Gasteiger partial charge in [0.05, 0.1) is 0 Å². The van der Waals surface area contributed by atoms with E-state index < -0.39 is 0 Å². The summed E-state index contributed by atoms with van der Waals surface area (Å²) in [6.45, 7) is 0. The maximum absolute atomic E-state index is 2.31. The van der Waals surface area contributed by atoms with E-state index in [9.17, 15) is 0 Å². The maximum atomic E-state index is 2.31. The second-order valence-electron chi connectivity index (χ2n) is 2.77. The summed E-state index contributed by atoms with van der Waals surface area (Å²) in [4.78, 5) is 0. The molecule has 0 atom stereocenters. The molecule has 2 rings (SSSR count). The zero-order valence-electron chi connectivity index (χ0n) is 6.79. The van der Waals surface area contributed by atoms with Crippen LogP contribution in [-0.4, -0.2) is 0 Å². The van der Waals surface area contributed by atoms with Gasteiger partial charge in [0, 0.05) is 0 Å². The molecule has 0 aliphatic heterocycles. The van der Waals surface area contributed by atoms with Crippen molar-refractivity contribution in [3.63, 3.8) is 0 Å². The largest absolute Gasteiger partial charge is 0.147 e. The van der Waals surface area contributed by atoms with E-state index in [0.29, 0.717) is 0 Å². The fourth-order valence-corrected chi connectivity index (χ4v) is 4.26. The normalized spacial score (nSPS) is 18.7. The molecular formula is C10H11ClZr. The number of hydrogen-bond donors (Lipinski definition) is 0. The van der Waals surface area contributed by atoms with E-state index in [1.54, 1.807) is 6.56 Å². The molecular weight excluding hydrogens is 247 g/mol. The zero-order chi connectivity index (χ0) is 7.52. The average molecular weight is 258 g/mol. The third-order valence-corrected chi connectivity index (χ3v) is 5.27. The minimum atomic E-state index is -0.312. The molecule has 2 aliphatic carbocycles. The van der Waals surface area contributed by atoms with Crippen molar-refractivity contribution in [2.24, 2.45) is 0 Å². The topological polar surface area (TPSA) is 0 Å². The van der Waals surface area contributed by atoms with Gasteiger partial charge in [-0.2, -0.15) is 0 Å². The monoisotopic (exact) mass is 256 g/mol. The summed E-state index contributed by atoms with van der Waals surface area (Å²) in [5.41, 5.74) is 0. The molecule has 0 bridgehead atoms. The molecule has 0 aromatic heterocycles. The molecule has 0 fully saturated rings. The van der Waals surface area contributed by atoms with Crippen molar-refractivity contribution in [2.45, 2.75) is 12.8 Å². The third-order valence-electron chi connectivity index (χ3n) is 1.86. The fraction of sp³-hybridized carbons (Fsp3) is 0.200. The number of rotatable bonds is 2. The smallest absolute Gasteiger partial charge is 0.147 e. The van der Waals surface area contributed by atoms with Crippen molar-refractivity contribution < 1.29 is 23.2 Å². The van der Waals surface area contributed by atoms with Crippen LogP contribution in [0.5, 0.6) is 0 Å². The Kier molecular flexibility index (Phi) is 4.25. The van der Waals surface area contributed by atoms with E-state index in [2.05, 4.69) is 36.5 Å². The molecule has 0 N–H and O–H groups in total. The molecule has 12 heavy (non-hydrogen) atoms. The predicted molar refractivity (Wildman–Crippen MR) is 50.9 cm³/mol. The molecule has 0 unspecified atom stereocenters. The zero-order valence-corrected chi connectivity index (χ0v) is 10.1. The number of hydrogen-bond acceptors (Lipinski definition) is 0. The number of halogens is 1. The van der Waals surface area contributed by atoms with Gasteiger partial charge in [-0.25, -0.2) is 0 Å². The van der Waals surface area contributed by atoms with Crippen LogP contribution in [-0.2, 0) is 23.2 Å². The van der Waals surface area contributed by atoms with Gasteiger partial charge in [0.15, 0.2) is 0 Å². The van der Waals surface area contributed by atoms with E-state index in [4.69, 9.17) is 0 Å². The summed E-state index contributed by atoms with van der Waals surface area (Å²) in [5.74, 6) is 0. The van der Waals surface area contributed by atoms with Crippen molar-refractivity contribution in [3.05, 3.63) is 43.0 Å². The second kappa shape index (κ2) is 4.99. The summed E-state index contributed by atoms with van der Waals surface area (Å²) in [7, 11) is 0. The van der Waals surface area contributed by atoms with E-state index in [1.807, 2.05) is 0 Å². The summed E-state index contributed by atoms with van der Waals surface area (Å²) in [5, 5.41) is 0. The summed E-state index contributed by atoms with van der Waals surface area (Å²) >= 11 is -0.312. The Morgan fingerprint density at radius 2 is 1.42 bits per heavy atom. The van der Waals surface area contributed by atoms with Gasteiger partial charge < -0.3 is 0 Å². The van der Waals surface area contributed by atoms with Gasteiger partial charge in [-0.3, -0.25) is 0 Å². The molecule has 0 heterocycles. The number of allylic oxidation sites excluding steroid dienone is 8. The second-order valence-corrected chi connectivity index (χ2v) is 6.55. The molecule has 2 heteroatoms. The summed E-state index contributed by atoms with van der Waals surface area (Å²) in [6, 6.07) is 0. The maximum Gasteiger partial charge on any atom is -0.147 e. The molecule has 0 aromatic carbocycles. The van der Waals surface area contributed by atoms with Crippen LogP contribution in [0.4, 0.5) is 0 Å². The van der Waals surface area contributed by atoms with Crippen LogP contribution in [0.3, 0.4) is 0 Å². The molecule has 0 saturated heterocycles.